The van der Waals surface area contributed by atoms with Crippen LogP contribution in [0.15, 0.2) is 34.5 Å². The summed E-state index contributed by atoms with van der Waals surface area (Å²) in [6.45, 7) is 0. The van der Waals surface area contributed by atoms with Crippen LogP contribution in [-0.4, -0.2) is 18.2 Å². The Balaban J connectivity index is 2.95. The molecule has 0 unspecified atom stereocenters. The van der Waals surface area contributed by atoms with E-state index in [0.29, 0.717) is 0 Å². The first-order valence-electron chi connectivity index (χ1n) is 3.88. The van der Waals surface area contributed by atoms with Crippen molar-refractivity contribution in [1.29, 1.82) is 0 Å². The van der Waals surface area contributed by atoms with Gasteiger partial charge in [0.25, 0.3) is 0 Å². The van der Waals surface area contributed by atoms with Crippen molar-refractivity contribution in [3.8, 4) is 0 Å². The highest BCUT2D eigenvalue weighted by molar-refractivity contribution is 9.10. The quantitative estimate of drug-likeness (QED) is 0.668. The zero-order chi connectivity index (χ0) is 10.6. The summed E-state index contributed by atoms with van der Waals surface area (Å²) in [4.78, 5) is 10.6. The summed E-state index contributed by atoms with van der Waals surface area (Å²) >= 11 is 3.29. The lowest BCUT2D eigenvalue weighted by Gasteiger charge is -2.00. The maximum Gasteiger partial charge on any atom is 0.371 e. The van der Waals surface area contributed by atoms with E-state index in [1.54, 1.807) is 12.1 Å². The molecular formula is C10H9BrO3. The molecule has 0 heterocycles. The Morgan fingerprint density at radius 1 is 1.43 bits per heavy atom. The minimum Gasteiger partial charge on any atom is -0.490 e. The van der Waals surface area contributed by atoms with E-state index in [2.05, 4.69) is 15.9 Å². The van der Waals surface area contributed by atoms with Gasteiger partial charge in [-0.1, -0.05) is 28.1 Å². The Bertz CT molecular complexity index is 354. The van der Waals surface area contributed by atoms with E-state index >= 15 is 0 Å². The van der Waals surface area contributed by atoms with Crippen molar-refractivity contribution in [1.82, 2.24) is 0 Å². The van der Waals surface area contributed by atoms with Gasteiger partial charge in [0, 0.05) is 4.47 Å². The standard InChI is InChI=1S/C10H9BrO3/c1-14-9(10(12)13)6-7-2-4-8(11)5-3-7/h2-6H,1H3,(H,12,13)/b9-6-. The van der Waals surface area contributed by atoms with Crippen molar-refractivity contribution in [2.75, 3.05) is 7.11 Å². The number of methoxy groups -OCH3 is 1. The number of ether oxygens (including phenoxy) is 1. The highest BCUT2D eigenvalue weighted by Crippen LogP contribution is 2.13. The SMILES string of the molecule is CO/C(=C\c1ccc(Br)cc1)C(=O)O. The number of aliphatic carboxylic acids is 1. The first-order valence-corrected chi connectivity index (χ1v) is 4.67. The van der Waals surface area contributed by atoms with Crippen molar-refractivity contribution in [3.63, 3.8) is 0 Å². The molecule has 74 valence electrons. The molecule has 0 saturated carbocycles. The molecule has 0 aliphatic carbocycles. The summed E-state index contributed by atoms with van der Waals surface area (Å²) in [6, 6.07) is 7.26. The zero-order valence-electron chi connectivity index (χ0n) is 7.53. The number of carboxylic acids is 1. The van der Waals surface area contributed by atoms with Gasteiger partial charge >= 0.3 is 5.97 Å². The molecule has 14 heavy (non-hydrogen) atoms. The van der Waals surface area contributed by atoms with E-state index < -0.39 is 5.97 Å². The normalized spacial score (nSPS) is 11.1. The van der Waals surface area contributed by atoms with Crippen molar-refractivity contribution in [3.05, 3.63) is 40.1 Å². The van der Waals surface area contributed by atoms with Crippen LogP contribution in [0.5, 0.6) is 0 Å². The molecule has 0 amide bonds. The van der Waals surface area contributed by atoms with E-state index in [4.69, 9.17) is 9.84 Å². The van der Waals surface area contributed by atoms with Crippen molar-refractivity contribution < 1.29 is 14.6 Å². The van der Waals surface area contributed by atoms with Gasteiger partial charge in [-0.05, 0) is 23.8 Å². The Labute approximate surface area is 90.1 Å². The van der Waals surface area contributed by atoms with Crippen molar-refractivity contribution in [2.24, 2.45) is 0 Å². The third-order valence-corrected chi connectivity index (χ3v) is 2.13. The third-order valence-electron chi connectivity index (χ3n) is 1.60. The first-order chi connectivity index (χ1) is 6.63. The van der Waals surface area contributed by atoms with Crippen molar-refractivity contribution in [2.45, 2.75) is 0 Å². The van der Waals surface area contributed by atoms with Gasteiger partial charge in [0.05, 0.1) is 7.11 Å². The second-order valence-corrected chi connectivity index (χ2v) is 3.49. The number of halogens is 1. The van der Waals surface area contributed by atoms with Gasteiger partial charge in [0.2, 0.25) is 5.76 Å². The molecule has 3 nitrogen and oxygen atoms in total. The number of hydrogen-bond acceptors (Lipinski definition) is 2. The van der Waals surface area contributed by atoms with Crippen molar-refractivity contribution >= 4 is 28.0 Å². The number of carbonyl (C=O) groups is 1. The van der Waals surface area contributed by atoms with Gasteiger partial charge in [-0.25, -0.2) is 4.79 Å². The van der Waals surface area contributed by atoms with Gasteiger partial charge in [-0.15, -0.1) is 0 Å². The summed E-state index contributed by atoms with van der Waals surface area (Å²) in [5.41, 5.74) is 0.785. The van der Waals surface area contributed by atoms with E-state index in [9.17, 15) is 4.79 Å². The highest BCUT2D eigenvalue weighted by atomic mass is 79.9. The molecule has 0 aliphatic heterocycles. The first kappa shape index (κ1) is 10.8. The zero-order valence-corrected chi connectivity index (χ0v) is 9.11. The van der Waals surface area contributed by atoms with Crippen LogP contribution in [0.1, 0.15) is 5.56 Å². The molecule has 0 aliphatic rings. The number of benzene rings is 1. The van der Waals surface area contributed by atoms with Crippen LogP contribution in [0, 0.1) is 0 Å². The molecular weight excluding hydrogens is 248 g/mol. The van der Waals surface area contributed by atoms with Gasteiger partial charge in [-0.2, -0.15) is 0 Å². The van der Waals surface area contributed by atoms with Gasteiger partial charge in [0.1, 0.15) is 0 Å². The molecule has 0 fully saturated rings. The van der Waals surface area contributed by atoms with Gasteiger partial charge < -0.3 is 9.84 Å². The minimum absolute atomic E-state index is 0.0766. The van der Waals surface area contributed by atoms with E-state index in [1.807, 2.05) is 12.1 Å². The molecule has 1 rings (SSSR count). The van der Waals surface area contributed by atoms with E-state index in [-0.39, 0.29) is 5.76 Å². The van der Waals surface area contributed by atoms with E-state index in [1.165, 1.54) is 13.2 Å². The molecule has 0 saturated heterocycles. The molecule has 0 radical (unpaired) electrons. The molecule has 1 aromatic rings. The fraction of sp³-hybridized carbons (Fsp3) is 0.100. The van der Waals surface area contributed by atoms with Crippen LogP contribution in [-0.2, 0) is 9.53 Å². The lowest BCUT2D eigenvalue weighted by atomic mass is 10.2. The van der Waals surface area contributed by atoms with Gasteiger partial charge in [-0.3, -0.25) is 0 Å². The third kappa shape index (κ3) is 2.88. The Morgan fingerprint density at radius 2 is 2.00 bits per heavy atom. The number of hydrogen-bond donors (Lipinski definition) is 1. The summed E-state index contributed by atoms with van der Waals surface area (Å²) in [5, 5.41) is 8.69. The molecule has 0 spiro atoms. The van der Waals surface area contributed by atoms with Gasteiger partial charge in [0.15, 0.2) is 0 Å². The summed E-state index contributed by atoms with van der Waals surface area (Å²) in [6.07, 6.45) is 1.47. The maximum atomic E-state index is 10.6. The smallest absolute Gasteiger partial charge is 0.371 e. The topological polar surface area (TPSA) is 46.5 Å². The lowest BCUT2D eigenvalue weighted by molar-refractivity contribution is -0.135. The molecule has 1 aromatic carbocycles. The second-order valence-electron chi connectivity index (χ2n) is 2.57. The minimum atomic E-state index is -1.07. The molecule has 1 N–H and O–H groups in total. The molecule has 0 aromatic heterocycles. The summed E-state index contributed by atoms with van der Waals surface area (Å²) < 4.78 is 5.64. The largest absolute Gasteiger partial charge is 0.490 e. The Morgan fingerprint density at radius 3 is 2.43 bits per heavy atom. The van der Waals surface area contributed by atoms with Crippen LogP contribution >= 0.6 is 15.9 Å². The fourth-order valence-corrected chi connectivity index (χ4v) is 1.18. The van der Waals surface area contributed by atoms with Crippen LogP contribution in [0.2, 0.25) is 0 Å². The Kier molecular flexibility index (Phi) is 3.71. The van der Waals surface area contributed by atoms with Crippen LogP contribution in [0.3, 0.4) is 0 Å². The molecule has 0 atom stereocenters. The maximum absolute atomic E-state index is 10.6. The monoisotopic (exact) mass is 256 g/mol. The number of rotatable bonds is 3. The molecule has 0 bridgehead atoms. The average molecular weight is 257 g/mol. The summed E-state index contributed by atoms with van der Waals surface area (Å²) in [7, 11) is 1.33. The van der Waals surface area contributed by atoms with Crippen LogP contribution < -0.4 is 0 Å². The highest BCUT2D eigenvalue weighted by Gasteiger charge is 2.05. The predicted octanol–water partition coefficient (Wildman–Crippen LogP) is 2.52. The average Bonchev–Trinajstić information content (AvgIpc) is 2.16. The van der Waals surface area contributed by atoms with Crippen LogP contribution in [0.25, 0.3) is 6.08 Å². The Hall–Kier alpha value is -1.29. The van der Waals surface area contributed by atoms with Crippen LogP contribution in [0.4, 0.5) is 0 Å². The summed E-state index contributed by atoms with van der Waals surface area (Å²) in [5.74, 6) is -1.15. The molecule has 4 heteroatoms. The fourth-order valence-electron chi connectivity index (χ4n) is 0.918. The second kappa shape index (κ2) is 4.81. The number of carboxylic acid groups (broad SMARTS) is 1. The predicted molar refractivity (Wildman–Crippen MR) is 56.8 cm³/mol. The van der Waals surface area contributed by atoms with E-state index in [0.717, 1.165) is 10.0 Å². The lowest BCUT2D eigenvalue weighted by Crippen LogP contribution is -2.01.